The molecule has 1 aliphatic rings. The highest BCUT2D eigenvalue weighted by atomic mass is 16.2. The molecule has 2 amide bonds. The van der Waals surface area contributed by atoms with Gasteiger partial charge in [-0.05, 0) is 101 Å². The van der Waals surface area contributed by atoms with Crippen LogP contribution in [0, 0.1) is 0 Å². The van der Waals surface area contributed by atoms with Crippen molar-refractivity contribution in [2.75, 3.05) is 51.1 Å². The van der Waals surface area contributed by atoms with E-state index in [0.717, 1.165) is 127 Å². The van der Waals surface area contributed by atoms with E-state index in [1.54, 1.807) is 0 Å². The Morgan fingerprint density at radius 3 is 1.81 bits per heavy atom. The van der Waals surface area contributed by atoms with Crippen LogP contribution in [0.2, 0.25) is 0 Å². The molecule has 0 saturated carbocycles. The topological polar surface area (TPSA) is 86.6 Å². The lowest BCUT2D eigenvalue weighted by Gasteiger charge is -2.26. The number of piperidine rings is 1. The molecule has 0 unspecified atom stereocenters. The molecule has 266 valence electrons. The maximum atomic E-state index is 13.7. The summed E-state index contributed by atoms with van der Waals surface area (Å²) in [5.41, 5.74) is 3.55. The third kappa shape index (κ3) is 11.0. The molecule has 0 bridgehead atoms. The Kier molecular flexibility index (Phi) is 16.9. The number of hydrogen-bond donors (Lipinski definition) is 1. The summed E-state index contributed by atoms with van der Waals surface area (Å²) in [5, 5.41) is 3.52. The van der Waals surface area contributed by atoms with E-state index in [2.05, 4.69) is 42.5 Å². The average Bonchev–Trinajstić information content (AvgIpc) is 3.44. The maximum Gasteiger partial charge on any atom is 0.272 e. The minimum Gasteiger partial charge on any atom is -0.339 e. The van der Waals surface area contributed by atoms with Gasteiger partial charge in [0.1, 0.15) is 11.2 Å². The number of carbonyl (C=O) groups excluding carboxylic acids is 2. The van der Waals surface area contributed by atoms with Crippen LogP contribution >= 0.6 is 0 Å². The first-order chi connectivity index (χ1) is 23.0. The summed E-state index contributed by atoms with van der Waals surface area (Å²) in [4.78, 5) is 43.4. The molecule has 1 N–H and O–H groups in total. The highest BCUT2D eigenvalue weighted by Gasteiger charge is 2.21. The van der Waals surface area contributed by atoms with E-state index in [-0.39, 0.29) is 19.2 Å². The van der Waals surface area contributed by atoms with Gasteiger partial charge in [0.15, 0.2) is 5.65 Å². The van der Waals surface area contributed by atoms with E-state index in [0.29, 0.717) is 17.2 Å². The largest absolute Gasteiger partial charge is 0.339 e. The van der Waals surface area contributed by atoms with Crippen LogP contribution in [0.3, 0.4) is 0 Å². The second-order valence-electron chi connectivity index (χ2n) is 13.1. The van der Waals surface area contributed by atoms with Crippen LogP contribution in [0.15, 0.2) is 36.4 Å². The number of pyridine rings is 1. The minimum absolute atomic E-state index is 0. The van der Waals surface area contributed by atoms with Gasteiger partial charge in [-0.25, -0.2) is 9.97 Å². The van der Waals surface area contributed by atoms with Crippen molar-refractivity contribution in [3.05, 3.63) is 47.7 Å². The Bertz CT molecular complexity index is 1360. The van der Waals surface area contributed by atoms with E-state index < -0.39 is 0 Å². The zero-order valence-corrected chi connectivity index (χ0v) is 29.6. The van der Waals surface area contributed by atoms with Crippen molar-refractivity contribution >= 4 is 34.6 Å². The van der Waals surface area contributed by atoms with E-state index in [4.69, 9.17) is 9.97 Å². The fourth-order valence-corrected chi connectivity index (χ4v) is 6.26. The van der Waals surface area contributed by atoms with Crippen LogP contribution in [0.5, 0.6) is 0 Å². The molecular formula is C39H63N7O2. The predicted molar refractivity (Wildman–Crippen MR) is 200 cm³/mol. The molecule has 0 radical (unpaired) electrons. The summed E-state index contributed by atoms with van der Waals surface area (Å²) >= 11 is 0. The lowest BCUT2D eigenvalue weighted by atomic mass is 10.1. The third-order valence-electron chi connectivity index (χ3n) is 9.20. The number of imidazole rings is 1. The first kappa shape index (κ1) is 39.0. The Morgan fingerprint density at radius 1 is 0.688 bits per heavy atom. The van der Waals surface area contributed by atoms with Crippen molar-refractivity contribution in [1.82, 2.24) is 29.2 Å². The summed E-state index contributed by atoms with van der Waals surface area (Å²) < 4.78 is 2.13. The summed E-state index contributed by atoms with van der Waals surface area (Å²) in [7, 11) is 0. The number of aryl methyl sites for hydroxylation is 1. The maximum absolute atomic E-state index is 13.7. The molecule has 9 heteroatoms. The summed E-state index contributed by atoms with van der Waals surface area (Å²) in [6, 6.07) is 11.5. The van der Waals surface area contributed by atoms with Crippen LogP contribution in [0.1, 0.15) is 133 Å². The fourth-order valence-electron chi connectivity index (χ4n) is 6.26. The molecule has 0 spiro atoms. The van der Waals surface area contributed by atoms with Gasteiger partial charge in [-0.15, -0.1) is 0 Å². The van der Waals surface area contributed by atoms with Gasteiger partial charge in [-0.3, -0.25) is 14.2 Å². The molecule has 0 atom stereocenters. The van der Waals surface area contributed by atoms with Crippen LogP contribution < -0.4 is 5.32 Å². The SMILES string of the molecule is C.CCCCN(CCCC)C(=O)c1ccc(Nc2nc3ccc(C(=O)N(CCCC)CCCC)nc3n2CCCN2CCCCC2)cc1. The molecule has 3 heterocycles. The molecule has 4 rings (SSSR count). The number of nitrogens with one attached hydrogen (secondary N) is 1. The van der Waals surface area contributed by atoms with Crippen LogP contribution in [0.4, 0.5) is 11.6 Å². The van der Waals surface area contributed by atoms with E-state index in [1.165, 1.54) is 19.3 Å². The van der Waals surface area contributed by atoms with E-state index >= 15 is 0 Å². The molecule has 1 fully saturated rings. The van der Waals surface area contributed by atoms with Crippen molar-refractivity contribution in [2.45, 2.75) is 119 Å². The fraction of sp³-hybridized carbons (Fsp3) is 0.641. The third-order valence-corrected chi connectivity index (χ3v) is 9.20. The number of benzene rings is 1. The van der Waals surface area contributed by atoms with Gasteiger partial charge in [0.2, 0.25) is 5.95 Å². The molecule has 9 nitrogen and oxygen atoms in total. The molecule has 1 saturated heterocycles. The predicted octanol–water partition coefficient (Wildman–Crippen LogP) is 8.77. The van der Waals surface area contributed by atoms with Gasteiger partial charge in [-0.1, -0.05) is 67.2 Å². The molecule has 1 aliphatic heterocycles. The van der Waals surface area contributed by atoms with E-state index in [9.17, 15) is 9.59 Å². The van der Waals surface area contributed by atoms with Crippen LogP contribution in [-0.4, -0.2) is 86.9 Å². The van der Waals surface area contributed by atoms with Crippen molar-refractivity contribution in [3.63, 3.8) is 0 Å². The molecule has 0 aliphatic carbocycles. The van der Waals surface area contributed by atoms with Crippen LogP contribution in [-0.2, 0) is 6.54 Å². The lowest BCUT2D eigenvalue weighted by molar-refractivity contribution is 0.0740. The zero-order chi connectivity index (χ0) is 33.4. The monoisotopic (exact) mass is 662 g/mol. The Labute approximate surface area is 290 Å². The zero-order valence-electron chi connectivity index (χ0n) is 29.6. The van der Waals surface area contributed by atoms with Gasteiger partial charge in [0, 0.05) is 44.0 Å². The van der Waals surface area contributed by atoms with Crippen molar-refractivity contribution in [1.29, 1.82) is 0 Å². The Balaban J connectivity index is 0.00000625. The Hall–Kier alpha value is -3.46. The second kappa shape index (κ2) is 20.8. The smallest absolute Gasteiger partial charge is 0.272 e. The minimum atomic E-state index is -0.00320. The van der Waals surface area contributed by atoms with E-state index in [1.807, 2.05) is 46.2 Å². The highest BCUT2D eigenvalue weighted by Crippen LogP contribution is 2.24. The summed E-state index contributed by atoms with van der Waals surface area (Å²) in [6.45, 7) is 15.8. The van der Waals surface area contributed by atoms with Gasteiger partial charge >= 0.3 is 0 Å². The molecule has 48 heavy (non-hydrogen) atoms. The van der Waals surface area contributed by atoms with Gasteiger partial charge < -0.3 is 20.0 Å². The van der Waals surface area contributed by atoms with Crippen molar-refractivity contribution in [3.8, 4) is 0 Å². The second-order valence-corrected chi connectivity index (χ2v) is 13.1. The van der Waals surface area contributed by atoms with Gasteiger partial charge in [0.25, 0.3) is 11.8 Å². The first-order valence-electron chi connectivity index (χ1n) is 18.5. The lowest BCUT2D eigenvalue weighted by Crippen LogP contribution is -2.33. The number of aromatic nitrogens is 3. The van der Waals surface area contributed by atoms with Crippen molar-refractivity contribution < 1.29 is 9.59 Å². The number of likely N-dealkylation sites (tertiary alicyclic amines) is 1. The standard InChI is InChI=1S/C38H59N7O2.CH4/c1-5-9-26-43(27-10-6-2)36(46)31-17-19-32(20-18-31)39-38-41-33-21-22-34(37(47)44(28-11-7-3)29-12-8-4)40-35(33)45(38)30-16-25-42-23-14-13-15-24-42;/h17-22H,5-16,23-30H2,1-4H3,(H,39,41);1H4. The number of anilines is 2. The molecule has 2 aromatic heterocycles. The quantitative estimate of drug-likeness (QED) is 0.130. The number of rotatable bonds is 20. The number of carbonyl (C=O) groups is 2. The highest BCUT2D eigenvalue weighted by molar-refractivity contribution is 5.95. The molecular weight excluding hydrogens is 598 g/mol. The van der Waals surface area contributed by atoms with Crippen LogP contribution in [0.25, 0.3) is 11.2 Å². The summed E-state index contributed by atoms with van der Waals surface area (Å²) in [6.07, 6.45) is 13.1. The Morgan fingerprint density at radius 2 is 1.25 bits per heavy atom. The number of nitrogens with zero attached hydrogens (tertiary/aromatic N) is 6. The average molecular weight is 662 g/mol. The number of unbranched alkanes of at least 4 members (excludes halogenated alkanes) is 4. The van der Waals surface area contributed by atoms with Gasteiger partial charge in [-0.2, -0.15) is 0 Å². The van der Waals surface area contributed by atoms with Crippen molar-refractivity contribution in [2.24, 2.45) is 0 Å². The molecule has 1 aromatic carbocycles. The number of hydrogen-bond acceptors (Lipinski definition) is 6. The number of amides is 2. The number of fused-ring (bicyclic) bond motifs is 1. The summed E-state index contributed by atoms with van der Waals surface area (Å²) in [5.74, 6) is 0.796. The van der Waals surface area contributed by atoms with Gasteiger partial charge in [0.05, 0.1) is 0 Å². The first-order valence-corrected chi connectivity index (χ1v) is 18.5. The normalized spacial score (nSPS) is 13.3. The molecule has 3 aromatic rings.